The van der Waals surface area contributed by atoms with E-state index in [0.717, 1.165) is 29.9 Å². The first-order valence-electron chi connectivity index (χ1n) is 3.28. The quantitative estimate of drug-likeness (QED) is 0.672. The minimum absolute atomic E-state index is 0.124. The smallest absolute Gasteiger partial charge is 0.307 e. The maximum absolute atomic E-state index is 10.2. The lowest BCUT2D eigenvalue weighted by atomic mass is 10.2. The molecule has 1 aliphatic rings. The SMILES string of the molecule is O=C(O)CC1=C(Cl)CCC1. The fraction of sp³-hybridized carbons (Fsp3) is 0.571. The Balaban J connectivity index is 2.54. The van der Waals surface area contributed by atoms with Gasteiger partial charge in [-0.15, -0.1) is 0 Å². The van der Waals surface area contributed by atoms with Crippen LogP contribution in [0.2, 0.25) is 0 Å². The molecule has 0 aliphatic heterocycles. The molecule has 0 amide bonds. The molecule has 1 rings (SSSR count). The van der Waals surface area contributed by atoms with E-state index in [0.29, 0.717) is 0 Å². The van der Waals surface area contributed by atoms with Gasteiger partial charge in [0.15, 0.2) is 0 Å². The van der Waals surface area contributed by atoms with E-state index in [1.807, 2.05) is 0 Å². The molecule has 0 aromatic carbocycles. The number of rotatable bonds is 2. The lowest BCUT2D eigenvalue weighted by Crippen LogP contribution is -1.95. The topological polar surface area (TPSA) is 37.3 Å². The molecule has 0 fully saturated rings. The zero-order valence-corrected chi connectivity index (χ0v) is 6.32. The van der Waals surface area contributed by atoms with E-state index in [4.69, 9.17) is 16.7 Å². The average Bonchev–Trinajstić information content (AvgIpc) is 2.15. The highest BCUT2D eigenvalue weighted by molar-refractivity contribution is 6.30. The van der Waals surface area contributed by atoms with E-state index in [-0.39, 0.29) is 6.42 Å². The molecule has 1 aliphatic carbocycles. The van der Waals surface area contributed by atoms with Crippen LogP contribution in [0.4, 0.5) is 0 Å². The van der Waals surface area contributed by atoms with Crippen molar-refractivity contribution in [2.24, 2.45) is 0 Å². The van der Waals surface area contributed by atoms with E-state index >= 15 is 0 Å². The molecule has 0 aromatic rings. The molecule has 0 radical (unpaired) electrons. The summed E-state index contributed by atoms with van der Waals surface area (Å²) >= 11 is 5.74. The summed E-state index contributed by atoms with van der Waals surface area (Å²) in [5, 5.41) is 9.16. The standard InChI is InChI=1S/C7H9ClO2/c8-6-3-1-2-5(6)4-7(9)10/h1-4H2,(H,9,10). The monoisotopic (exact) mass is 160 g/mol. The van der Waals surface area contributed by atoms with Crippen molar-refractivity contribution in [2.75, 3.05) is 0 Å². The molecule has 2 nitrogen and oxygen atoms in total. The summed E-state index contributed by atoms with van der Waals surface area (Å²) in [6, 6.07) is 0. The fourth-order valence-corrected chi connectivity index (χ4v) is 1.43. The molecule has 0 spiro atoms. The van der Waals surface area contributed by atoms with Crippen LogP contribution in [-0.4, -0.2) is 11.1 Å². The highest BCUT2D eigenvalue weighted by Gasteiger charge is 2.14. The van der Waals surface area contributed by atoms with Crippen LogP contribution in [0.25, 0.3) is 0 Å². The van der Waals surface area contributed by atoms with Gasteiger partial charge < -0.3 is 5.11 Å². The third-order valence-corrected chi connectivity index (χ3v) is 2.08. The van der Waals surface area contributed by atoms with Gasteiger partial charge in [0.1, 0.15) is 0 Å². The molecule has 0 heterocycles. The molecular weight excluding hydrogens is 152 g/mol. The van der Waals surface area contributed by atoms with Crippen molar-refractivity contribution in [3.05, 3.63) is 10.6 Å². The van der Waals surface area contributed by atoms with Gasteiger partial charge in [-0.05, 0) is 24.8 Å². The third kappa shape index (κ3) is 1.74. The summed E-state index contributed by atoms with van der Waals surface area (Å²) in [5.41, 5.74) is 0.911. The predicted octanol–water partition coefficient (Wildman–Crippen LogP) is 2.14. The van der Waals surface area contributed by atoms with Crippen molar-refractivity contribution in [3.8, 4) is 0 Å². The lowest BCUT2D eigenvalue weighted by Gasteiger charge is -1.95. The van der Waals surface area contributed by atoms with Crippen molar-refractivity contribution in [2.45, 2.75) is 25.7 Å². The molecule has 3 heteroatoms. The molecule has 0 unspecified atom stereocenters. The van der Waals surface area contributed by atoms with Crippen molar-refractivity contribution < 1.29 is 9.90 Å². The van der Waals surface area contributed by atoms with Crippen LogP contribution >= 0.6 is 11.6 Å². The molecule has 10 heavy (non-hydrogen) atoms. The molecule has 0 aromatic heterocycles. The van der Waals surface area contributed by atoms with Gasteiger partial charge in [-0.3, -0.25) is 4.79 Å². The van der Waals surface area contributed by atoms with Crippen molar-refractivity contribution in [3.63, 3.8) is 0 Å². The van der Waals surface area contributed by atoms with Crippen LogP contribution in [0.1, 0.15) is 25.7 Å². The lowest BCUT2D eigenvalue weighted by molar-refractivity contribution is -0.136. The minimum Gasteiger partial charge on any atom is -0.481 e. The molecule has 0 saturated carbocycles. The number of halogens is 1. The summed E-state index contributed by atoms with van der Waals surface area (Å²) < 4.78 is 0. The fourth-order valence-electron chi connectivity index (χ4n) is 1.14. The Morgan fingerprint density at radius 1 is 1.60 bits per heavy atom. The maximum Gasteiger partial charge on any atom is 0.307 e. The minimum atomic E-state index is -0.782. The van der Waals surface area contributed by atoms with Gasteiger partial charge in [0.05, 0.1) is 6.42 Å². The summed E-state index contributed by atoms with van der Waals surface area (Å²) in [5.74, 6) is -0.782. The number of carbonyl (C=O) groups is 1. The van der Waals surface area contributed by atoms with Crippen molar-refractivity contribution in [1.29, 1.82) is 0 Å². The number of carboxylic acids is 1. The average molecular weight is 161 g/mol. The van der Waals surface area contributed by atoms with Crippen LogP contribution in [0, 0.1) is 0 Å². The van der Waals surface area contributed by atoms with Crippen LogP contribution in [0.15, 0.2) is 10.6 Å². The molecule has 0 saturated heterocycles. The predicted molar refractivity (Wildman–Crippen MR) is 39.0 cm³/mol. The Hall–Kier alpha value is -0.500. The van der Waals surface area contributed by atoms with Gasteiger partial charge in [-0.1, -0.05) is 11.6 Å². The first kappa shape index (κ1) is 7.61. The van der Waals surface area contributed by atoms with E-state index < -0.39 is 5.97 Å². The summed E-state index contributed by atoms with van der Waals surface area (Å²) in [6.07, 6.45) is 2.87. The molecule has 0 atom stereocenters. The summed E-state index contributed by atoms with van der Waals surface area (Å²) in [7, 11) is 0. The van der Waals surface area contributed by atoms with Gasteiger partial charge in [0.2, 0.25) is 0 Å². The molecular formula is C7H9ClO2. The van der Waals surface area contributed by atoms with Gasteiger partial charge in [-0.25, -0.2) is 0 Å². The second-order valence-electron chi connectivity index (χ2n) is 2.43. The number of hydrogen-bond acceptors (Lipinski definition) is 1. The first-order valence-corrected chi connectivity index (χ1v) is 3.66. The maximum atomic E-state index is 10.2. The number of hydrogen-bond donors (Lipinski definition) is 1. The van der Waals surface area contributed by atoms with E-state index in [1.54, 1.807) is 0 Å². The van der Waals surface area contributed by atoms with Crippen LogP contribution in [0.5, 0.6) is 0 Å². The van der Waals surface area contributed by atoms with Gasteiger partial charge in [0, 0.05) is 5.03 Å². The van der Waals surface area contributed by atoms with Crippen LogP contribution in [-0.2, 0) is 4.79 Å². The normalized spacial score (nSPS) is 18.1. The number of aliphatic carboxylic acids is 1. The van der Waals surface area contributed by atoms with E-state index in [1.165, 1.54) is 0 Å². The molecule has 0 bridgehead atoms. The van der Waals surface area contributed by atoms with Gasteiger partial charge >= 0.3 is 5.97 Å². The van der Waals surface area contributed by atoms with Crippen LogP contribution in [0.3, 0.4) is 0 Å². The summed E-state index contributed by atoms with van der Waals surface area (Å²) in [6.45, 7) is 0. The molecule has 56 valence electrons. The van der Waals surface area contributed by atoms with Crippen molar-refractivity contribution in [1.82, 2.24) is 0 Å². The van der Waals surface area contributed by atoms with Crippen LogP contribution < -0.4 is 0 Å². The van der Waals surface area contributed by atoms with Crippen molar-refractivity contribution >= 4 is 17.6 Å². The van der Waals surface area contributed by atoms with Gasteiger partial charge in [-0.2, -0.15) is 0 Å². The Bertz CT molecular complexity index is 184. The zero-order valence-electron chi connectivity index (χ0n) is 5.56. The van der Waals surface area contributed by atoms with E-state index in [9.17, 15) is 4.79 Å². The zero-order chi connectivity index (χ0) is 7.56. The highest BCUT2D eigenvalue weighted by atomic mass is 35.5. The van der Waals surface area contributed by atoms with Gasteiger partial charge in [0.25, 0.3) is 0 Å². The second-order valence-corrected chi connectivity index (χ2v) is 2.89. The highest BCUT2D eigenvalue weighted by Crippen LogP contribution is 2.30. The Morgan fingerprint density at radius 2 is 2.30 bits per heavy atom. The Labute approximate surface area is 64.5 Å². The number of allylic oxidation sites excluding steroid dienone is 1. The Morgan fingerprint density at radius 3 is 2.70 bits per heavy atom. The van der Waals surface area contributed by atoms with E-state index in [2.05, 4.69) is 0 Å². The summed E-state index contributed by atoms with van der Waals surface area (Å²) in [4.78, 5) is 10.2. The third-order valence-electron chi connectivity index (χ3n) is 1.62. The number of carboxylic acid groups (broad SMARTS) is 1. The Kier molecular flexibility index (Phi) is 2.33. The first-order chi connectivity index (χ1) is 4.70. The largest absolute Gasteiger partial charge is 0.481 e. The second kappa shape index (κ2) is 3.06. The molecule has 1 N–H and O–H groups in total.